The molecular formula is C15H21N3O3S. The molecule has 0 saturated heterocycles. The van der Waals surface area contributed by atoms with Crippen molar-refractivity contribution >= 4 is 17.4 Å². The summed E-state index contributed by atoms with van der Waals surface area (Å²) in [5.74, 6) is 0.508. The molecule has 2 heterocycles. The number of aromatic nitrogens is 1. The lowest BCUT2D eigenvalue weighted by molar-refractivity contribution is 0.129. The topological polar surface area (TPSA) is 87.4 Å². The summed E-state index contributed by atoms with van der Waals surface area (Å²) in [6, 6.07) is 3.03. The van der Waals surface area contributed by atoms with Crippen LogP contribution < -0.4 is 10.6 Å². The number of aliphatic hydroxyl groups is 1. The van der Waals surface area contributed by atoms with E-state index in [-0.39, 0.29) is 12.1 Å². The van der Waals surface area contributed by atoms with Crippen LogP contribution in [0, 0.1) is 6.92 Å². The Bertz CT molecular complexity index is 583. The standard InChI is InChI=1S/C15H21N3O3S/c1-10(8-12(19)13-4-3-7-21-13)18-15(20)16-6-5-14-17-9-11(2)22-14/h3-4,7,9-10,12,19H,5-6,8H2,1-2H3,(H2,16,18,20)/t10-,12-/m1/s1. The molecule has 0 aliphatic carbocycles. The van der Waals surface area contributed by atoms with Crippen LogP contribution in [0.5, 0.6) is 0 Å². The number of carbonyl (C=O) groups is 1. The maximum absolute atomic E-state index is 11.8. The fraction of sp³-hybridized carbons (Fsp3) is 0.467. The van der Waals surface area contributed by atoms with Gasteiger partial charge in [0.05, 0.1) is 11.3 Å². The lowest BCUT2D eigenvalue weighted by Gasteiger charge is -2.17. The molecule has 7 heteroatoms. The monoisotopic (exact) mass is 323 g/mol. The quantitative estimate of drug-likeness (QED) is 0.730. The van der Waals surface area contributed by atoms with Gasteiger partial charge >= 0.3 is 6.03 Å². The molecule has 0 spiro atoms. The highest BCUT2D eigenvalue weighted by Crippen LogP contribution is 2.18. The van der Waals surface area contributed by atoms with E-state index in [1.807, 2.05) is 20.0 Å². The molecule has 0 unspecified atom stereocenters. The maximum Gasteiger partial charge on any atom is 0.315 e. The van der Waals surface area contributed by atoms with Crippen LogP contribution in [0.2, 0.25) is 0 Å². The van der Waals surface area contributed by atoms with Crippen LogP contribution >= 0.6 is 11.3 Å². The fourth-order valence-corrected chi connectivity index (χ4v) is 2.85. The first-order chi connectivity index (χ1) is 10.5. The lowest BCUT2D eigenvalue weighted by atomic mass is 10.1. The number of amides is 2. The number of nitrogens with zero attached hydrogens (tertiary/aromatic N) is 1. The molecule has 2 amide bonds. The van der Waals surface area contributed by atoms with Gasteiger partial charge in [0.25, 0.3) is 0 Å². The Labute approximate surface area is 133 Å². The van der Waals surface area contributed by atoms with Crippen molar-refractivity contribution in [1.29, 1.82) is 0 Å². The Morgan fingerprint density at radius 3 is 3.00 bits per heavy atom. The number of aliphatic hydroxyl groups excluding tert-OH is 1. The number of thiazole rings is 1. The van der Waals surface area contributed by atoms with E-state index in [9.17, 15) is 9.90 Å². The molecule has 6 nitrogen and oxygen atoms in total. The first-order valence-corrected chi connectivity index (χ1v) is 8.03. The highest BCUT2D eigenvalue weighted by atomic mass is 32.1. The molecule has 2 atom stereocenters. The first kappa shape index (κ1) is 16.5. The van der Waals surface area contributed by atoms with Crippen molar-refractivity contribution in [1.82, 2.24) is 15.6 Å². The van der Waals surface area contributed by atoms with Gasteiger partial charge in [0, 0.05) is 36.5 Å². The van der Waals surface area contributed by atoms with Crippen molar-refractivity contribution in [2.75, 3.05) is 6.54 Å². The smallest absolute Gasteiger partial charge is 0.315 e. The van der Waals surface area contributed by atoms with Gasteiger partial charge in [0.2, 0.25) is 0 Å². The molecule has 0 aliphatic heterocycles. The summed E-state index contributed by atoms with van der Waals surface area (Å²) in [6.45, 7) is 4.38. The fourth-order valence-electron chi connectivity index (χ4n) is 2.07. The van der Waals surface area contributed by atoms with Crippen molar-refractivity contribution in [3.63, 3.8) is 0 Å². The Morgan fingerprint density at radius 1 is 1.55 bits per heavy atom. The summed E-state index contributed by atoms with van der Waals surface area (Å²) in [7, 11) is 0. The first-order valence-electron chi connectivity index (χ1n) is 7.21. The summed E-state index contributed by atoms with van der Waals surface area (Å²) in [5, 5.41) is 16.5. The molecule has 0 radical (unpaired) electrons. The minimum atomic E-state index is -0.719. The number of hydrogen-bond donors (Lipinski definition) is 3. The normalized spacial score (nSPS) is 13.6. The number of nitrogens with one attached hydrogen (secondary N) is 2. The zero-order chi connectivity index (χ0) is 15.9. The third-order valence-corrected chi connectivity index (χ3v) is 4.09. The van der Waals surface area contributed by atoms with Crippen LogP contribution in [0.25, 0.3) is 0 Å². The second-order valence-corrected chi connectivity index (χ2v) is 6.50. The number of furan rings is 1. The van der Waals surface area contributed by atoms with Gasteiger partial charge in [0.15, 0.2) is 0 Å². The SMILES string of the molecule is Cc1cnc(CCNC(=O)N[C@H](C)C[C@@H](O)c2ccco2)s1. The molecular weight excluding hydrogens is 302 g/mol. The zero-order valence-corrected chi connectivity index (χ0v) is 13.5. The van der Waals surface area contributed by atoms with E-state index >= 15 is 0 Å². The van der Waals surface area contributed by atoms with Crippen molar-refractivity contribution in [2.24, 2.45) is 0 Å². The predicted octanol–water partition coefficient (Wildman–Crippen LogP) is 2.40. The molecule has 0 aromatic carbocycles. The average molecular weight is 323 g/mol. The third kappa shape index (κ3) is 5.16. The molecule has 0 bridgehead atoms. The summed E-state index contributed by atoms with van der Waals surface area (Å²) in [5.41, 5.74) is 0. The molecule has 120 valence electrons. The molecule has 22 heavy (non-hydrogen) atoms. The number of hydrogen-bond acceptors (Lipinski definition) is 5. The molecule has 3 N–H and O–H groups in total. The van der Waals surface area contributed by atoms with E-state index in [4.69, 9.17) is 4.42 Å². The van der Waals surface area contributed by atoms with Crippen LogP contribution in [0.15, 0.2) is 29.0 Å². The summed E-state index contributed by atoms with van der Waals surface area (Å²) in [4.78, 5) is 17.2. The van der Waals surface area contributed by atoms with E-state index < -0.39 is 6.10 Å². The number of urea groups is 1. The van der Waals surface area contributed by atoms with E-state index in [0.717, 1.165) is 11.4 Å². The largest absolute Gasteiger partial charge is 0.467 e. The Hall–Kier alpha value is -1.86. The highest BCUT2D eigenvalue weighted by Gasteiger charge is 2.16. The molecule has 2 rings (SSSR count). The Balaban J connectivity index is 1.65. The lowest BCUT2D eigenvalue weighted by Crippen LogP contribution is -2.42. The van der Waals surface area contributed by atoms with Gasteiger partial charge in [-0.05, 0) is 26.0 Å². The predicted molar refractivity (Wildman–Crippen MR) is 84.8 cm³/mol. The second-order valence-electron chi connectivity index (χ2n) is 5.18. The van der Waals surface area contributed by atoms with E-state index in [0.29, 0.717) is 18.7 Å². The minimum Gasteiger partial charge on any atom is -0.467 e. The van der Waals surface area contributed by atoms with Crippen LogP contribution in [0.3, 0.4) is 0 Å². The summed E-state index contributed by atoms with van der Waals surface area (Å²) in [6.07, 6.45) is 3.74. The number of rotatable bonds is 7. The second kappa shape index (κ2) is 7.95. The van der Waals surface area contributed by atoms with Crippen molar-refractivity contribution in [3.8, 4) is 0 Å². The summed E-state index contributed by atoms with van der Waals surface area (Å²) >= 11 is 1.63. The van der Waals surface area contributed by atoms with Gasteiger partial charge in [0.1, 0.15) is 11.9 Å². The Kier molecular flexibility index (Phi) is 5.97. The molecule has 0 saturated carbocycles. The molecule has 0 fully saturated rings. The van der Waals surface area contributed by atoms with E-state index in [2.05, 4.69) is 15.6 Å². The van der Waals surface area contributed by atoms with Gasteiger partial charge in [-0.15, -0.1) is 11.3 Å². The van der Waals surface area contributed by atoms with Crippen molar-refractivity contribution < 1.29 is 14.3 Å². The Morgan fingerprint density at radius 2 is 2.36 bits per heavy atom. The van der Waals surface area contributed by atoms with E-state index in [1.54, 1.807) is 23.5 Å². The maximum atomic E-state index is 11.8. The van der Waals surface area contributed by atoms with Crippen molar-refractivity contribution in [3.05, 3.63) is 40.2 Å². The third-order valence-electron chi connectivity index (χ3n) is 3.12. The molecule has 2 aromatic rings. The zero-order valence-electron chi connectivity index (χ0n) is 12.7. The van der Waals surface area contributed by atoms with Gasteiger partial charge < -0.3 is 20.2 Å². The van der Waals surface area contributed by atoms with Gasteiger partial charge in [-0.1, -0.05) is 0 Å². The van der Waals surface area contributed by atoms with E-state index in [1.165, 1.54) is 11.1 Å². The number of aryl methyl sites for hydroxylation is 1. The number of carbonyl (C=O) groups excluding carboxylic acids is 1. The highest BCUT2D eigenvalue weighted by molar-refractivity contribution is 7.11. The summed E-state index contributed by atoms with van der Waals surface area (Å²) < 4.78 is 5.13. The van der Waals surface area contributed by atoms with Crippen molar-refractivity contribution in [2.45, 2.75) is 38.8 Å². The van der Waals surface area contributed by atoms with Crippen LogP contribution in [-0.2, 0) is 6.42 Å². The van der Waals surface area contributed by atoms with Crippen LogP contribution in [-0.4, -0.2) is 28.7 Å². The molecule has 2 aromatic heterocycles. The van der Waals surface area contributed by atoms with Gasteiger partial charge in [-0.25, -0.2) is 9.78 Å². The van der Waals surface area contributed by atoms with Gasteiger partial charge in [-0.3, -0.25) is 0 Å². The van der Waals surface area contributed by atoms with Gasteiger partial charge in [-0.2, -0.15) is 0 Å². The van der Waals surface area contributed by atoms with Crippen LogP contribution in [0.4, 0.5) is 4.79 Å². The average Bonchev–Trinajstić information content (AvgIpc) is 3.10. The molecule has 0 aliphatic rings. The van der Waals surface area contributed by atoms with Crippen LogP contribution in [0.1, 0.15) is 35.1 Å². The minimum absolute atomic E-state index is 0.165.